The molecule has 1 fully saturated rings. The second-order valence-corrected chi connectivity index (χ2v) is 5.59. The minimum atomic E-state index is -0.397. The summed E-state index contributed by atoms with van der Waals surface area (Å²) in [6.07, 6.45) is 3.59. The molecule has 3 rings (SSSR count). The van der Waals surface area contributed by atoms with Crippen LogP contribution in [0.2, 0.25) is 0 Å². The van der Waals surface area contributed by atoms with Crippen LogP contribution in [-0.2, 0) is 16.0 Å². The zero-order valence-corrected chi connectivity index (χ0v) is 12.4. The molecule has 0 aromatic heterocycles. The summed E-state index contributed by atoms with van der Waals surface area (Å²) in [5.74, 6) is 1.29. The first-order valence-electron chi connectivity index (χ1n) is 7.68. The van der Waals surface area contributed by atoms with Crippen LogP contribution in [0.4, 0.5) is 0 Å². The van der Waals surface area contributed by atoms with Crippen molar-refractivity contribution < 1.29 is 19.1 Å². The van der Waals surface area contributed by atoms with E-state index >= 15 is 0 Å². The number of hydrogen-bond acceptors (Lipinski definition) is 4. The molecule has 0 saturated carbocycles. The maximum atomic E-state index is 12.0. The quantitative estimate of drug-likeness (QED) is 0.874. The molecular weight excluding hydrogens is 284 g/mol. The van der Waals surface area contributed by atoms with E-state index in [1.807, 2.05) is 18.2 Å². The van der Waals surface area contributed by atoms with Gasteiger partial charge in [0.15, 0.2) is 11.5 Å². The predicted molar refractivity (Wildman–Crippen MR) is 79.7 cm³/mol. The number of hydrogen-bond donors (Lipinski definition) is 2. The number of aryl methyl sites for hydroxylation is 1. The van der Waals surface area contributed by atoms with Gasteiger partial charge in [-0.3, -0.25) is 9.59 Å². The van der Waals surface area contributed by atoms with Crippen molar-refractivity contribution in [2.24, 2.45) is 0 Å². The van der Waals surface area contributed by atoms with E-state index in [0.717, 1.165) is 29.9 Å². The first-order valence-corrected chi connectivity index (χ1v) is 7.68. The zero-order chi connectivity index (χ0) is 15.4. The second-order valence-electron chi connectivity index (χ2n) is 5.59. The van der Waals surface area contributed by atoms with Crippen LogP contribution in [0.3, 0.4) is 0 Å². The highest BCUT2D eigenvalue weighted by molar-refractivity contribution is 5.87. The van der Waals surface area contributed by atoms with Crippen LogP contribution < -0.4 is 20.1 Å². The number of amides is 2. The molecule has 6 nitrogen and oxygen atoms in total. The molecule has 22 heavy (non-hydrogen) atoms. The number of rotatable bonds is 4. The van der Waals surface area contributed by atoms with E-state index in [4.69, 9.17) is 9.47 Å². The Hall–Kier alpha value is -2.24. The van der Waals surface area contributed by atoms with Crippen molar-refractivity contribution >= 4 is 11.8 Å². The van der Waals surface area contributed by atoms with Crippen molar-refractivity contribution in [3.8, 4) is 11.5 Å². The van der Waals surface area contributed by atoms with Gasteiger partial charge in [0.05, 0.1) is 0 Å². The summed E-state index contributed by atoms with van der Waals surface area (Å²) in [4.78, 5) is 23.8. The second kappa shape index (κ2) is 6.68. The van der Waals surface area contributed by atoms with Crippen LogP contribution in [0, 0.1) is 0 Å². The zero-order valence-electron chi connectivity index (χ0n) is 12.4. The van der Waals surface area contributed by atoms with E-state index in [1.165, 1.54) is 0 Å². The molecule has 118 valence electrons. The van der Waals surface area contributed by atoms with Gasteiger partial charge in [0.2, 0.25) is 18.6 Å². The van der Waals surface area contributed by atoms with E-state index in [0.29, 0.717) is 25.8 Å². The topological polar surface area (TPSA) is 76.7 Å². The Bertz CT molecular complexity index is 573. The largest absolute Gasteiger partial charge is 0.454 e. The molecule has 1 aromatic rings. The lowest BCUT2D eigenvalue weighted by Crippen LogP contribution is -2.45. The van der Waals surface area contributed by atoms with Gasteiger partial charge in [0, 0.05) is 13.0 Å². The van der Waals surface area contributed by atoms with Crippen molar-refractivity contribution in [3.63, 3.8) is 0 Å². The highest BCUT2D eigenvalue weighted by Crippen LogP contribution is 2.32. The maximum absolute atomic E-state index is 12.0. The van der Waals surface area contributed by atoms with Crippen molar-refractivity contribution in [3.05, 3.63) is 23.8 Å². The van der Waals surface area contributed by atoms with E-state index < -0.39 is 6.04 Å². The number of nitrogens with one attached hydrogen (secondary N) is 2. The smallest absolute Gasteiger partial charge is 0.242 e. The Labute approximate surface area is 129 Å². The number of ether oxygens (including phenoxy) is 2. The fourth-order valence-electron chi connectivity index (χ4n) is 2.70. The van der Waals surface area contributed by atoms with Gasteiger partial charge in [0.25, 0.3) is 0 Å². The molecule has 1 atom stereocenters. The number of carbonyl (C=O) groups is 2. The molecule has 1 unspecified atom stereocenters. The molecule has 0 spiro atoms. The average Bonchev–Trinajstić information content (AvgIpc) is 2.89. The van der Waals surface area contributed by atoms with Gasteiger partial charge in [0.1, 0.15) is 6.04 Å². The third-order valence-electron chi connectivity index (χ3n) is 3.95. The molecule has 2 N–H and O–H groups in total. The van der Waals surface area contributed by atoms with Crippen molar-refractivity contribution in [1.82, 2.24) is 10.6 Å². The summed E-state index contributed by atoms with van der Waals surface area (Å²) < 4.78 is 10.6. The molecule has 2 aliphatic rings. The van der Waals surface area contributed by atoms with Crippen LogP contribution in [0.25, 0.3) is 0 Å². The number of fused-ring (bicyclic) bond motifs is 1. The highest BCUT2D eigenvalue weighted by Gasteiger charge is 2.22. The van der Waals surface area contributed by atoms with Gasteiger partial charge < -0.3 is 20.1 Å². The molecule has 2 aliphatic heterocycles. The minimum Gasteiger partial charge on any atom is -0.454 e. The lowest BCUT2D eigenvalue weighted by atomic mass is 10.1. The summed E-state index contributed by atoms with van der Waals surface area (Å²) in [5.41, 5.74) is 1.02. The van der Waals surface area contributed by atoms with Gasteiger partial charge in [-0.15, -0.1) is 0 Å². The van der Waals surface area contributed by atoms with E-state index in [1.54, 1.807) is 0 Å². The average molecular weight is 304 g/mol. The lowest BCUT2D eigenvalue weighted by molar-refractivity contribution is -0.128. The molecule has 6 heteroatoms. The maximum Gasteiger partial charge on any atom is 0.242 e. The Morgan fingerprint density at radius 3 is 3.05 bits per heavy atom. The fraction of sp³-hybridized carbons (Fsp3) is 0.500. The molecule has 0 radical (unpaired) electrons. The molecule has 1 aromatic carbocycles. The van der Waals surface area contributed by atoms with Crippen LogP contribution in [0.15, 0.2) is 18.2 Å². The lowest BCUT2D eigenvalue weighted by Gasteiger charge is -2.15. The molecule has 0 aliphatic carbocycles. The van der Waals surface area contributed by atoms with Gasteiger partial charge in [-0.25, -0.2) is 0 Å². The summed E-state index contributed by atoms with van der Waals surface area (Å²) in [7, 11) is 0. The monoisotopic (exact) mass is 304 g/mol. The molecule has 2 amide bonds. The minimum absolute atomic E-state index is 0.0751. The Balaban J connectivity index is 1.50. The van der Waals surface area contributed by atoms with Gasteiger partial charge in [-0.2, -0.15) is 0 Å². The predicted octanol–water partition coefficient (Wildman–Crippen LogP) is 1.13. The Morgan fingerprint density at radius 1 is 1.27 bits per heavy atom. The van der Waals surface area contributed by atoms with Gasteiger partial charge in [-0.05, 0) is 43.4 Å². The number of carbonyl (C=O) groups excluding carboxylic acids is 2. The summed E-state index contributed by atoms with van der Waals surface area (Å²) in [6.45, 7) is 0.943. The van der Waals surface area contributed by atoms with E-state index in [-0.39, 0.29) is 18.6 Å². The first-order chi connectivity index (χ1) is 10.7. The number of benzene rings is 1. The standard InChI is InChI=1S/C16H20N2O4/c19-15(18-12-3-1-2-8-17-16(12)20)7-5-11-4-6-13-14(9-11)22-10-21-13/h4,6,9,12H,1-3,5,7-8,10H2,(H,17,20)(H,18,19). The van der Waals surface area contributed by atoms with E-state index in [9.17, 15) is 9.59 Å². The highest BCUT2D eigenvalue weighted by atomic mass is 16.7. The third kappa shape index (κ3) is 3.50. The van der Waals surface area contributed by atoms with Crippen LogP contribution in [-0.4, -0.2) is 31.2 Å². The van der Waals surface area contributed by atoms with Crippen LogP contribution >= 0.6 is 0 Å². The van der Waals surface area contributed by atoms with Crippen LogP contribution in [0.1, 0.15) is 31.2 Å². The van der Waals surface area contributed by atoms with Crippen molar-refractivity contribution in [2.45, 2.75) is 38.1 Å². The fourth-order valence-corrected chi connectivity index (χ4v) is 2.70. The normalized spacial score (nSPS) is 20.2. The summed E-state index contributed by atoms with van der Waals surface area (Å²) in [6, 6.07) is 5.29. The van der Waals surface area contributed by atoms with Crippen molar-refractivity contribution in [2.75, 3.05) is 13.3 Å². The van der Waals surface area contributed by atoms with Gasteiger partial charge in [-0.1, -0.05) is 6.07 Å². The molecule has 1 saturated heterocycles. The molecule has 2 heterocycles. The van der Waals surface area contributed by atoms with Crippen LogP contribution in [0.5, 0.6) is 11.5 Å². The van der Waals surface area contributed by atoms with Gasteiger partial charge >= 0.3 is 0 Å². The Morgan fingerprint density at radius 2 is 2.14 bits per heavy atom. The van der Waals surface area contributed by atoms with E-state index in [2.05, 4.69) is 10.6 Å². The van der Waals surface area contributed by atoms with Crippen molar-refractivity contribution in [1.29, 1.82) is 0 Å². The molecule has 0 bridgehead atoms. The first kappa shape index (κ1) is 14.7. The molecular formula is C16H20N2O4. The summed E-state index contributed by atoms with van der Waals surface area (Å²) >= 11 is 0. The summed E-state index contributed by atoms with van der Waals surface area (Å²) in [5, 5.41) is 5.64. The Kier molecular flexibility index (Phi) is 4.46. The SMILES string of the molecule is O=C(CCc1ccc2c(c1)OCO2)NC1CCCCNC1=O. The third-order valence-corrected chi connectivity index (χ3v) is 3.95.